The molecule has 4 saturated carbocycles. The number of benzene rings is 12. The van der Waals surface area contributed by atoms with E-state index in [1.54, 1.807) is 28.8 Å². The Morgan fingerprint density at radius 2 is 0.752 bits per heavy atom. The molecular weight excluding hydrogens is 1840 g/mol. The Morgan fingerprint density at radius 1 is 0.372 bits per heavy atom. The molecular formula is C125H134F5N7O7S. The highest BCUT2D eigenvalue weighted by molar-refractivity contribution is 7.92. The number of carbonyl (C=O) groups excluding carboxylic acids is 3. The van der Waals surface area contributed by atoms with Gasteiger partial charge in [0, 0.05) is 34.9 Å². The van der Waals surface area contributed by atoms with Gasteiger partial charge in [-0.15, -0.1) is 0 Å². The van der Waals surface area contributed by atoms with E-state index in [0.29, 0.717) is 81.5 Å². The average molecular weight is 1970 g/mol. The monoisotopic (exact) mass is 1970 g/mol. The van der Waals surface area contributed by atoms with Gasteiger partial charge >= 0.3 is 12.2 Å². The normalized spacial score (nSPS) is 19.8. The molecule has 752 valence electrons. The maximum Gasteiger partial charge on any atom is 0.418 e. The Morgan fingerprint density at radius 3 is 1.17 bits per heavy atom. The van der Waals surface area contributed by atoms with Gasteiger partial charge in [-0.25, -0.2) is 22.0 Å². The zero-order chi connectivity index (χ0) is 101. The second-order valence-electron chi connectivity index (χ2n) is 40.2. The van der Waals surface area contributed by atoms with Crippen LogP contribution in [0, 0.1) is 35.3 Å². The number of nitrogens with zero attached hydrogens (tertiary/aromatic N) is 4. The molecule has 0 radical (unpaired) electrons. The Labute approximate surface area is 851 Å². The third-order valence-electron chi connectivity index (χ3n) is 31.3. The van der Waals surface area contributed by atoms with Gasteiger partial charge in [0.05, 0.1) is 69.3 Å². The number of nitrogens with one attached hydrogen (secondary N) is 3. The van der Waals surface area contributed by atoms with Crippen molar-refractivity contribution in [1.82, 2.24) is 9.97 Å². The highest BCUT2D eigenvalue weighted by atomic mass is 32.2. The molecule has 14 nitrogen and oxygen atoms in total. The number of anilines is 5. The summed E-state index contributed by atoms with van der Waals surface area (Å²) in [6.07, 6.45) is 26.6. The lowest BCUT2D eigenvalue weighted by Crippen LogP contribution is -2.45. The van der Waals surface area contributed by atoms with Crippen LogP contribution in [0.25, 0.3) is 66.3 Å². The van der Waals surface area contributed by atoms with Gasteiger partial charge in [-0.3, -0.25) is 28.8 Å². The quantitative estimate of drug-likeness (QED) is 0.0527. The first-order valence-electron chi connectivity index (χ1n) is 52.7. The van der Waals surface area contributed by atoms with Crippen LogP contribution in [0.2, 0.25) is 0 Å². The summed E-state index contributed by atoms with van der Waals surface area (Å²) in [5.41, 5.74) is 19.6. The third-order valence-corrected chi connectivity index (χ3v) is 33.1. The Hall–Kier alpha value is -13.3. The summed E-state index contributed by atoms with van der Waals surface area (Å²) in [5.74, 6) is 5.29. The van der Waals surface area contributed by atoms with Crippen LogP contribution < -0.4 is 34.6 Å². The zero-order valence-electron chi connectivity index (χ0n) is 84.3. The molecule has 3 N–H and O–H groups in total. The van der Waals surface area contributed by atoms with Crippen LogP contribution in [0.4, 0.5) is 55.2 Å². The Bertz CT molecular complexity index is 6900. The van der Waals surface area contributed by atoms with Crippen molar-refractivity contribution < 1.29 is 54.2 Å². The summed E-state index contributed by atoms with van der Waals surface area (Å²) in [5, 5.41) is 9.63. The number of aryl methyl sites for hydroxylation is 1. The lowest BCUT2D eigenvalue weighted by molar-refractivity contribution is -0.136. The summed E-state index contributed by atoms with van der Waals surface area (Å²) in [7, 11) is -3.54. The van der Waals surface area contributed by atoms with Gasteiger partial charge < -0.3 is 25.4 Å². The van der Waals surface area contributed by atoms with Gasteiger partial charge in [-0.2, -0.15) is 13.2 Å². The number of pyridine rings is 2. The molecule has 12 aromatic carbocycles. The Balaban J connectivity index is 0.000000133. The molecule has 20 heteroatoms. The van der Waals surface area contributed by atoms with Crippen LogP contribution in [0.3, 0.4) is 0 Å². The summed E-state index contributed by atoms with van der Waals surface area (Å²) < 4.78 is 108. The number of sulfonamides is 1. The van der Waals surface area contributed by atoms with Crippen molar-refractivity contribution in [2.45, 2.75) is 244 Å². The molecule has 0 spiro atoms. The number of rotatable bonds is 23. The van der Waals surface area contributed by atoms with E-state index < -0.39 is 45.3 Å². The molecule has 2 atom stereocenters. The maximum absolute atomic E-state index is 14.0. The van der Waals surface area contributed by atoms with Crippen molar-refractivity contribution in [3.05, 3.63) is 353 Å². The van der Waals surface area contributed by atoms with Crippen LogP contribution in [0.1, 0.15) is 273 Å². The minimum Gasteiger partial charge on any atom is -0.486 e. The predicted molar refractivity (Wildman–Crippen MR) is 580 cm³/mol. The summed E-state index contributed by atoms with van der Waals surface area (Å²) in [6, 6.07) is 87.4. The fourth-order valence-corrected chi connectivity index (χ4v) is 23.8. The van der Waals surface area contributed by atoms with E-state index in [0.717, 1.165) is 121 Å². The molecule has 14 aromatic rings. The highest BCUT2D eigenvalue weighted by Crippen LogP contribution is 2.47. The third kappa shape index (κ3) is 25.3. The molecule has 4 amide bonds. The average Bonchev–Trinajstić information content (AvgIpc) is 0.787. The maximum atomic E-state index is 14.0. The molecule has 2 aromatic heterocycles. The van der Waals surface area contributed by atoms with E-state index in [-0.39, 0.29) is 41.8 Å². The van der Waals surface area contributed by atoms with Crippen molar-refractivity contribution >= 4 is 78.1 Å². The first-order valence-corrected chi connectivity index (χ1v) is 54.3. The standard InChI is InChI=1S/C32H35F3N2O2.C32H34N2O.C31H37NO3S.C30H28F2N2O/c1-3-21-9-11-22(12-10-21)23-13-15-24(16-14-23)25-17-18-29-30(19-25)39-26(4-2)20-37(29)31(38)36-28-8-6-5-7-27(28)32(33,34)35;1-3-22-9-11-24(12-10-22)25-13-15-26(16-14-25)27-17-18-28-29(19-20-33-31(28)21-27)32(35)34-30-8-6-5-7-23(30)4-2;1-3-23-10-12-25(13-11-23)26-14-16-27(17-15-26)28-18-19-30-31(20-28)35-29(4-2)21-32(30)36(33,34)22-24-8-6-5-7-9-24;1-2-19-3-5-20(6-4-19)21-7-9-22(10-8-21)23-11-13-25-26(15-16-33-29(25)17-23)30(35)34-28-14-12-24(31)18-27(28)32/h5-8,13-19,21-22,26H,3-4,9-12,20H2,1-2H3,(H,36,38);5-8,13-22,24H,3-4,9-12H2,1-2H3,(H,34,35);5-9,14-20,23,25,29H,3-4,10-13,21-22H2,1-2H3;7-20H,2-6H2,1H3,(H,34,35). The number of fused-ring (bicyclic) bond motifs is 4. The van der Waals surface area contributed by atoms with Gasteiger partial charge in [0.15, 0.2) is 0 Å². The largest absolute Gasteiger partial charge is 0.486 e. The molecule has 145 heavy (non-hydrogen) atoms. The second-order valence-corrected chi connectivity index (χ2v) is 42.1. The van der Waals surface area contributed by atoms with Crippen molar-refractivity contribution in [1.29, 1.82) is 0 Å². The van der Waals surface area contributed by atoms with Gasteiger partial charge in [-0.1, -0.05) is 268 Å². The van der Waals surface area contributed by atoms with Gasteiger partial charge in [0.2, 0.25) is 10.0 Å². The minimum absolute atomic E-state index is 0.0207. The zero-order valence-corrected chi connectivity index (χ0v) is 85.1. The number of ether oxygens (including phenoxy) is 2. The van der Waals surface area contributed by atoms with Crippen molar-refractivity contribution in [2.24, 2.45) is 23.7 Å². The number of hydrogen-bond donors (Lipinski definition) is 3. The van der Waals surface area contributed by atoms with Crippen molar-refractivity contribution in [3.63, 3.8) is 0 Å². The molecule has 20 rings (SSSR count). The molecule has 6 aliphatic rings. The van der Waals surface area contributed by atoms with Crippen LogP contribution in [0.5, 0.6) is 11.5 Å². The fourth-order valence-electron chi connectivity index (χ4n) is 22.2. The number of hydrogen-bond acceptors (Lipinski definition) is 9. The van der Waals surface area contributed by atoms with E-state index in [1.807, 2.05) is 129 Å². The summed E-state index contributed by atoms with van der Waals surface area (Å²) >= 11 is 0. The van der Waals surface area contributed by atoms with Gasteiger partial charge in [0.1, 0.15) is 35.3 Å². The Kier molecular flexibility index (Phi) is 33.9. The van der Waals surface area contributed by atoms with Crippen LogP contribution in [-0.4, -0.2) is 61.5 Å². The number of alkyl halides is 3. The van der Waals surface area contributed by atoms with Crippen LogP contribution in [-0.2, 0) is 28.4 Å². The molecule has 4 heterocycles. The fraction of sp³-hybridized carbons (Fsp3) is 0.352. The molecule has 4 fully saturated rings. The van der Waals surface area contributed by atoms with E-state index in [1.165, 1.54) is 185 Å². The number of halogens is 5. The van der Waals surface area contributed by atoms with E-state index in [9.17, 15) is 44.8 Å². The predicted octanol–water partition coefficient (Wildman–Crippen LogP) is 33.3. The van der Waals surface area contributed by atoms with Crippen LogP contribution >= 0.6 is 0 Å². The smallest absolute Gasteiger partial charge is 0.418 e. The highest BCUT2D eigenvalue weighted by Gasteiger charge is 2.38. The molecule has 0 bridgehead atoms. The number of carbonyl (C=O) groups is 3. The first-order chi connectivity index (χ1) is 70.4. The number of aromatic nitrogens is 2. The van der Waals surface area contributed by atoms with Crippen molar-refractivity contribution in [2.75, 3.05) is 38.2 Å². The first kappa shape index (κ1) is 103. The van der Waals surface area contributed by atoms with Crippen molar-refractivity contribution in [3.8, 4) is 56.0 Å². The van der Waals surface area contributed by atoms with Gasteiger partial charge in [0.25, 0.3) is 11.8 Å². The van der Waals surface area contributed by atoms with Gasteiger partial charge in [-0.05, 0) is 326 Å². The molecule has 0 saturated heterocycles. The topological polar surface area (TPSA) is 172 Å². The lowest BCUT2D eigenvalue weighted by atomic mass is 9.77. The second kappa shape index (κ2) is 47.7. The van der Waals surface area contributed by atoms with E-state index in [4.69, 9.17) is 9.47 Å². The minimum atomic E-state index is -4.57. The SMILES string of the molecule is CCC1CCC(c2ccc(-c3ccc4c(C(=O)Nc5ccc(F)cc5F)ccnc4c3)cc2)CC1.CCC1CCC(c2ccc(-c3ccc4c(c3)OC(CC)CN4C(=O)Nc3ccccc3C(F)(F)F)cc2)CC1.CCC1CCC(c2ccc(-c3ccc4c(c3)OC(CC)CN4S(=O)(=O)Cc3ccccc3)cc2)CC1.CCc1ccccc1NC(=O)c1ccnc2cc(-c3ccc(C4CCC(CC)CC4)cc3)ccc12. The number of para-hydroxylation sites is 2. The summed E-state index contributed by atoms with van der Waals surface area (Å²) in [4.78, 5) is 49.7. The van der Waals surface area contributed by atoms with E-state index >= 15 is 0 Å². The summed E-state index contributed by atoms with van der Waals surface area (Å²) in [6.45, 7) is 15.9. The number of urea groups is 1. The lowest BCUT2D eigenvalue weighted by Gasteiger charge is -2.35. The molecule has 2 aliphatic heterocycles. The molecule has 4 aliphatic carbocycles. The molecule has 2 unspecified atom stereocenters. The van der Waals surface area contributed by atoms with Crippen LogP contribution in [0.15, 0.2) is 291 Å². The van der Waals surface area contributed by atoms with E-state index in [2.05, 4.69) is 170 Å². The number of amides is 4.